The molecule has 1 aromatic heterocycles. The summed E-state index contributed by atoms with van der Waals surface area (Å²) in [5.74, 6) is -1.39. The number of nitrogen functional groups attached to an aromatic ring is 1. The van der Waals surface area contributed by atoms with Crippen molar-refractivity contribution >= 4 is 28.5 Å². The highest BCUT2D eigenvalue weighted by molar-refractivity contribution is 5.78. The van der Waals surface area contributed by atoms with Crippen molar-refractivity contribution in [2.75, 3.05) is 11.1 Å². The van der Waals surface area contributed by atoms with Gasteiger partial charge in [-0.2, -0.15) is 4.98 Å². The van der Waals surface area contributed by atoms with Crippen LogP contribution in [0.3, 0.4) is 0 Å². The monoisotopic (exact) mass is 275 g/mol. The molecule has 4 nitrogen and oxygen atoms in total. The molecule has 0 radical (unpaired) electrons. The minimum Gasteiger partial charge on any atom is -0.423 e. The van der Waals surface area contributed by atoms with Crippen LogP contribution in [-0.4, -0.2) is 4.98 Å². The summed E-state index contributed by atoms with van der Waals surface area (Å²) >= 11 is 0. The Hall–Kier alpha value is -2.63. The van der Waals surface area contributed by atoms with Gasteiger partial charge in [0.1, 0.15) is 17.0 Å². The highest BCUT2D eigenvalue weighted by atomic mass is 19.1. The zero-order valence-corrected chi connectivity index (χ0v) is 10.6. The Bertz CT molecular complexity index is 798. The smallest absolute Gasteiger partial charge is 0.300 e. The molecule has 0 atom stereocenters. The standard InChI is InChI=1S/C14H11F2N3O/c1-7-2-4-9(15)13(12(7)16)19-14-18-10-6-8(17)3-5-11(10)20-14/h2-6H,17H2,1H3,(H,18,19). The van der Waals surface area contributed by atoms with Crippen molar-refractivity contribution in [3.05, 3.63) is 47.5 Å². The van der Waals surface area contributed by atoms with Gasteiger partial charge in [0.05, 0.1) is 0 Å². The highest BCUT2D eigenvalue weighted by Crippen LogP contribution is 2.27. The molecule has 0 bridgehead atoms. The Labute approximate surface area is 113 Å². The van der Waals surface area contributed by atoms with E-state index in [0.717, 1.165) is 0 Å². The highest BCUT2D eigenvalue weighted by Gasteiger charge is 2.14. The lowest BCUT2D eigenvalue weighted by molar-refractivity contribution is 0.576. The van der Waals surface area contributed by atoms with Crippen LogP contribution in [0.5, 0.6) is 0 Å². The molecule has 6 heteroatoms. The normalized spacial score (nSPS) is 10.9. The van der Waals surface area contributed by atoms with Crippen LogP contribution in [0.1, 0.15) is 5.56 Å². The molecule has 0 spiro atoms. The van der Waals surface area contributed by atoms with Gasteiger partial charge in [-0.15, -0.1) is 0 Å². The van der Waals surface area contributed by atoms with Crippen molar-refractivity contribution in [3.8, 4) is 0 Å². The van der Waals surface area contributed by atoms with Gasteiger partial charge in [0.25, 0.3) is 6.01 Å². The fraction of sp³-hybridized carbons (Fsp3) is 0.0714. The second-order valence-electron chi connectivity index (χ2n) is 4.42. The van der Waals surface area contributed by atoms with Crippen molar-refractivity contribution in [2.24, 2.45) is 0 Å². The van der Waals surface area contributed by atoms with Gasteiger partial charge in [-0.05, 0) is 36.8 Å². The van der Waals surface area contributed by atoms with Gasteiger partial charge in [-0.3, -0.25) is 0 Å². The Morgan fingerprint density at radius 3 is 2.80 bits per heavy atom. The molecular weight excluding hydrogens is 264 g/mol. The van der Waals surface area contributed by atoms with Crippen LogP contribution in [0, 0.1) is 18.6 Å². The number of benzene rings is 2. The van der Waals surface area contributed by atoms with Gasteiger partial charge in [-0.25, -0.2) is 8.78 Å². The summed E-state index contributed by atoms with van der Waals surface area (Å²) < 4.78 is 32.9. The maximum Gasteiger partial charge on any atom is 0.300 e. The third-order valence-electron chi connectivity index (χ3n) is 2.93. The van der Waals surface area contributed by atoms with Gasteiger partial charge in [0, 0.05) is 5.69 Å². The zero-order valence-electron chi connectivity index (χ0n) is 10.6. The lowest BCUT2D eigenvalue weighted by Crippen LogP contribution is -1.99. The fourth-order valence-electron chi connectivity index (χ4n) is 1.88. The van der Waals surface area contributed by atoms with E-state index in [-0.39, 0.29) is 11.7 Å². The van der Waals surface area contributed by atoms with E-state index in [4.69, 9.17) is 10.2 Å². The predicted molar refractivity (Wildman–Crippen MR) is 72.8 cm³/mol. The first-order valence-corrected chi connectivity index (χ1v) is 5.92. The van der Waals surface area contributed by atoms with E-state index in [2.05, 4.69) is 10.3 Å². The number of hydrogen-bond acceptors (Lipinski definition) is 4. The lowest BCUT2D eigenvalue weighted by atomic mass is 10.2. The van der Waals surface area contributed by atoms with Crippen LogP contribution < -0.4 is 11.1 Å². The number of halogens is 2. The first kappa shape index (κ1) is 12.4. The second kappa shape index (κ2) is 4.48. The minimum absolute atomic E-state index is 0.00833. The van der Waals surface area contributed by atoms with Crippen molar-refractivity contribution in [1.82, 2.24) is 4.98 Å². The molecular formula is C14H11F2N3O. The molecule has 0 saturated heterocycles. The Balaban J connectivity index is 2.03. The molecule has 0 aliphatic rings. The van der Waals surface area contributed by atoms with Crippen LogP contribution >= 0.6 is 0 Å². The van der Waals surface area contributed by atoms with Gasteiger partial charge in [-0.1, -0.05) is 6.07 Å². The number of aryl methyl sites for hydroxylation is 1. The number of nitrogens with one attached hydrogen (secondary N) is 1. The largest absolute Gasteiger partial charge is 0.423 e. The average Bonchev–Trinajstić information content (AvgIpc) is 2.81. The molecule has 0 amide bonds. The van der Waals surface area contributed by atoms with Crippen LogP contribution in [0.15, 0.2) is 34.7 Å². The summed E-state index contributed by atoms with van der Waals surface area (Å²) in [6.07, 6.45) is 0. The molecule has 0 aliphatic heterocycles. The number of aromatic nitrogens is 1. The molecule has 0 unspecified atom stereocenters. The number of anilines is 3. The molecule has 102 valence electrons. The van der Waals surface area contributed by atoms with E-state index in [0.29, 0.717) is 22.4 Å². The van der Waals surface area contributed by atoms with E-state index in [1.165, 1.54) is 12.1 Å². The van der Waals surface area contributed by atoms with Crippen LogP contribution in [0.2, 0.25) is 0 Å². The SMILES string of the molecule is Cc1ccc(F)c(Nc2nc3cc(N)ccc3o2)c1F. The molecule has 1 heterocycles. The minimum atomic E-state index is -0.713. The first-order chi connectivity index (χ1) is 9.54. The van der Waals surface area contributed by atoms with Crippen LogP contribution in [0.4, 0.5) is 26.2 Å². The van der Waals surface area contributed by atoms with Gasteiger partial charge in [0.15, 0.2) is 11.4 Å². The molecule has 0 saturated carbocycles. The number of hydrogen-bond donors (Lipinski definition) is 2. The molecule has 2 aromatic carbocycles. The maximum absolute atomic E-state index is 13.9. The third kappa shape index (κ3) is 2.05. The third-order valence-corrected chi connectivity index (χ3v) is 2.93. The zero-order chi connectivity index (χ0) is 14.3. The first-order valence-electron chi connectivity index (χ1n) is 5.92. The van der Waals surface area contributed by atoms with Crippen LogP contribution in [0.25, 0.3) is 11.1 Å². The number of nitrogens with zero attached hydrogens (tertiary/aromatic N) is 1. The van der Waals surface area contributed by atoms with Crippen molar-refractivity contribution in [2.45, 2.75) is 6.92 Å². The van der Waals surface area contributed by atoms with E-state index in [9.17, 15) is 8.78 Å². The van der Waals surface area contributed by atoms with Crippen molar-refractivity contribution in [1.29, 1.82) is 0 Å². The average molecular weight is 275 g/mol. The number of nitrogens with two attached hydrogens (primary N) is 1. The van der Waals surface area contributed by atoms with Crippen molar-refractivity contribution < 1.29 is 13.2 Å². The van der Waals surface area contributed by atoms with E-state index in [1.807, 2.05) is 0 Å². The second-order valence-corrected chi connectivity index (χ2v) is 4.42. The Morgan fingerprint density at radius 1 is 1.20 bits per heavy atom. The Morgan fingerprint density at radius 2 is 2.00 bits per heavy atom. The lowest BCUT2D eigenvalue weighted by Gasteiger charge is -2.06. The summed E-state index contributed by atoms with van der Waals surface area (Å²) in [5, 5.41) is 2.52. The maximum atomic E-state index is 13.9. The summed E-state index contributed by atoms with van der Waals surface area (Å²) in [6, 6.07) is 7.47. The number of oxazole rings is 1. The molecule has 3 aromatic rings. The summed E-state index contributed by atoms with van der Waals surface area (Å²) in [5.41, 5.74) is 7.20. The molecule has 3 rings (SSSR count). The molecule has 0 aliphatic carbocycles. The molecule has 20 heavy (non-hydrogen) atoms. The Kier molecular flexibility index (Phi) is 2.78. The summed E-state index contributed by atoms with van der Waals surface area (Å²) in [4.78, 5) is 4.09. The van der Waals surface area contributed by atoms with E-state index in [1.54, 1.807) is 25.1 Å². The summed E-state index contributed by atoms with van der Waals surface area (Å²) in [6.45, 7) is 1.55. The molecule has 0 fully saturated rings. The predicted octanol–water partition coefficient (Wildman–Crippen LogP) is 3.74. The fourth-order valence-corrected chi connectivity index (χ4v) is 1.88. The summed E-state index contributed by atoms with van der Waals surface area (Å²) in [7, 11) is 0. The van der Waals surface area contributed by atoms with Gasteiger partial charge in [0.2, 0.25) is 0 Å². The number of rotatable bonds is 2. The van der Waals surface area contributed by atoms with Gasteiger partial charge >= 0.3 is 0 Å². The van der Waals surface area contributed by atoms with E-state index < -0.39 is 11.6 Å². The van der Waals surface area contributed by atoms with Crippen molar-refractivity contribution in [3.63, 3.8) is 0 Å². The van der Waals surface area contributed by atoms with E-state index >= 15 is 0 Å². The van der Waals surface area contributed by atoms with Crippen LogP contribution in [-0.2, 0) is 0 Å². The topological polar surface area (TPSA) is 64.1 Å². The number of fused-ring (bicyclic) bond motifs is 1. The molecule has 3 N–H and O–H groups in total. The quantitative estimate of drug-likeness (QED) is 0.699. The van der Waals surface area contributed by atoms with Gasteiger partial charge < -0.3 is 15.5 Å².